The molecule has 0 fully saturated rings. The molecule has 8 heteroatoms. The van der Waals surface area contributed by atoms with Gasteiger partial charge in [-0.3, -0.25) is 4.79 Å². The molecule has 156 valence electrons. The van der Waals surface area contributed by atoms with E-state index in [-0.39, 0.29) is 18.0 Å². The molecule has 3 aromatic carbocycles. The Morgan fingerprint density at radius 2 is 1.60 bits per heavy atom. The van der Waals surface area contributed by atoms with Crippen LogP contribution in [0.3, 0.4) is 0 Å². The number of hydrogen-bond donors (Lipinski definition) is 1. The van der Waals surface area contributed by atoms with Crippen molar-refractivity contribution in [3.8, 4) is 0 Å². The summed E-state index contributed by atoms with van der Waals surface area (Å²) in [7, 11) is -3.93. The second kappa shape index (κ2) is 9.62. The molecule has 0 spiro atoms. The van der Waals surface area contributed by atoms with E-state index in [0.29, 0.717) is 21.3 Å². The van der Waals surface area contributed by atoms with Crippen LogP contribution in [-0.2, 0) is 21.4 Å². The largest absolute Gasteiger partial charge is 0.325 e. The molecule has 0 aromatic heterocycles. The van der Waals surface area contributed by atoms with Crippen LogP contribution in [0.1, 0.15) is 11.1 Å². The van der Waals surface area contributed by atoms with Crippen molar-refractivity contribution >= 4 is 44.8 Å². The molecule has 1 amide bonds. The number of nitrogens with one attached hydrogen (secondary N) is 1. The lowest BCUT2D eigenvalue weighted by molar-refractivity contribution is -0.116. The minimum absolute atomic E-state index is 0.0324. The SMILES string of the molecule is Cc1ccc(S(=O)(=O)N(CC(=O)Nc2ccccc2)Cc2ccc(Cl)c(Cl)c2)cc1. The van der Waals surface area contributed by atoms with E-state index in [0.717, 1.165) is 9.87 Å². The molecule has 0 radical (unpaired) electrons. The predicted octanol–water partition coefficient (Wildman–Crippen LogP) is 5.13. The van der Waals surface area contributed by atoms with Gasteiger partial charge in [0, 0.05) is 12.2 Å². The molecule has 0 heterocycles. The molecule has 0 saturated carbocycles. The van der Waals surface area contributed by atoms with Crippen LogP contribution in [0.15, 0.2) is 77.7 Å². The van der Waals surface area contributed by atoms with E-state index in [1.165, 1.54) is 12.1 Å². The van der Waals surface area contributed by atoms with Crippen LogP contribution < -0.4 is 5.32 Å². The van der Waals surface area contributed by atoms with Crippen LogP contribution >= 0.6 is 23.2 Å². The summed E-state index contributed by atoms with van der Waals surface area (Å²) in [5.74, 6) is -0.447. The summed E-state index contributed by atoms with van der Waals surface area (Å²) in [6, 6.07) is 20.2. The molecule has 0 aliphatic rings. The molecule has 0 saturated heterocycles. The maximum atomic E-state index is 13.3. The molecule has 0 bridgehead atoms. The fourth-order valence-corrected chi connectivity index (χ4v) is 4.51. The van der Waals surface area contributed by atoms with Gasteiger partial charge < -0.3 is 5.32 Å². The second-order valence-electron chi connectivity index (χ2n) is 6.75. The van der Waals surface area contributed by atoms with Crippen molar-refractivity contribution in [3.63, 3.8) is 0 Å². The highest BCUT2D eigenvalue weighted by Crippen LogP contribution is 2.25. The van der Waals surface area contributed by atoms with Gasteiger partial charge >= 0.3 is 0 Å². The monoisotopic (exact) mass is 462 g/mol. The van der Waals surface area contributed by atoms with Crippen LogP contribution in [0.5, 0.6) is 0 Å². The highest BCUT2D eigenvalue weighted by Gasteiger charge is 2.27. The number of halogens is 2. The van der Waals surface area contributed by atoms with Crippen LogP contribution in [0, 0.1) is 6.92 Å². The number of amides is 1. The van der Waals surface area contributed by atoms with Crippen LogP contribution in [-0.4, -0.2) is 25.2 Å². The molecule has 5 nitrogen and oxygen atoms in total. The van der Waals surface area contributed by atoms with E-state index in [2.05, 4.69) is 5.32 Å². The van der Waals surface area contributed by atoms with Crippen LogP contribution in [0.25, 0.3) is 0 Å². The maximum Gasteiger partial charge on any atom is 0.243 e. The Morgan fingerprint density at radius 3 is 2.23 bits per heavy atom. The van der Waals surface area contributed by atoms with Gasteiger partial charge in [0.2, 0.25) is 15.9 Å². The molecule has 3 rings (SSSR count). The summed E-state index contributed by atoms with van der Waals surface area (Å²) in [5.41, 5.74) is 2.14. The van der Waals surface area contributed by atoms with Crippen molar-refractivity contribution in [2.24, 2.45) is 0 Å². The average molecular weight is 463 g/mol. The lowest BCUT2D eigenvalue weighted by Gasteiger charge is -2.22. The third-order valence-corrected chi connectivity index (χ3v) is 6.92. The third-order valence-electron chi connectivity index (χ3n) is 4.38. The third kappa shape index (κ3) is 5.61. The fourth-order valence-electron chi connectivity index (χ4n) is 2.81. The zero-order valence-corrected chi connectivity index (χ0v) is 18.5. The summed E-state index contributed by atoms with van der Waals surface area (Å²) >= 11 is 12.0. The zero-order valence-electron chi connectivity index (χ0n) is 16.2. The zero-order chi connectivity index (χ0) is 21.7. The topological polar surface area (TPSA) is 66.5 Å². The molecule has 0 unspecified atom stereocenters. The van der Waals surface area contributed by atoms with E-state index in [1.54, 1.807) is 54.6 Å². The van der Waals surface area contributed by atoms with Gasteiger partial charge in [-0.2, -0.15) is 4.31 Å². The first-order valence-electron chi connectivity index (χ1n) is 9.11. The smallest absolute Gasteiger partial charge is 0.243 e. The maximum absolute atomic E-state index is 13.3. The van der Waals surface area contributed by atoms with Crippen molar-refractivity contribution < 1.29 is 13.2 Å². The van der Waals surface area contributed by atoms with Gasteiger partial charge in [-0.15, -0.1) is 0 Å². The Hall–Kier alpha value is -2.38. The standard InChI is InChI=1S/C22H20Cl2N2O3S/c1-16-7-10-19(11-8-16)30(28,29)26(14-17-9-12-20(23)21(24)13-17)15-22(27)25-18-5-3-2-4-6-18/h2-13H,14-15H2,1H3,(H,25,27). The van der Waals surface area contributed by atoms with Gasteiger partial charge in [0.25, 0.3) is 0 Å². The highest BCUT2D eigenvalue weighted by molar-refractivity contribution is 7.89. The summed E-state index contributed by atoms with van der Waals surface area (Å²) in [4.78, 5) is 12.7. The second-order valence-corrected chi connectivity index (χ2v) is 9.50. The minimum atomic E-state index is -3.93. The van der Waals surface area contributed by atoms with E-state index in [4.69, 9.17) is 23.2 Å². The average Bonchev–Trinajstić information content (AvgIpc) is 2.71. The number of carbonyl (C=O) groups excluding carboxylic acids is 1. The molecular formula is C22H20Cl2N2O3S. The van der Waals surface area contributed by atoms with E-state index < -0.39 is 15.9 Å². The number of para-hydroxylation sites is 1. The first kappa shape index (κ1) is 22.3. The first-order chi connectivity index (χ1) is 14.3. The number of rotatable bonds is 7. The highest BCUT2D eigenvalue weighted by atomic mass is 35.5. The van der Waals surface area contributed by atoms with Gasteiger partial charge in [0.1, 0.15) is 0 Å². The summed E-state index contributed by atoms with van der Waals surface area (Å²) in [5, 5.41) is 3.41. The van der Waals surface area contributed by atoms with Crippen molar-refractivity contribution in [1.29, 1.82) is 0 Å². The number of anilines is 1. The number of benzene rings is 3. The van der Waals surface area contributed by atoms with Gasteiger partial charge in [-0.1, -0.05) is 65.2 Å². The van der Waals surface area contributed by atoms with Crippen molar-refractivity contribution in [2.45, 2.75) is 18.4 Å². The fraction of sp³-hybridized carbons (Fsp3) is 0.136. The Morgan fingerprint density at radius 1 is 0.933 bits per heavy atom. The molecule has 0 atom stereocenters. The Labute approximate surface area is 186 Å². The first-order valence-corrected chi connectivity index (χ1v) is 11.3. The predicted molar refractivity (Wildman–Crippen MR) is 120 cm³/mol. The minimum Gasteiger partial charge on any atom is -0.325 e. The van der Waals surface area contributed by atoms with Gasteiger partial charge in [-0.05, 0) is 48.9 Å². The lowest BCUT2D eigenvalue weighted by Crippen LogP contribution is -2.37. The van der Waals surface area contributed by atoms with Gasteiger partial charge in [0.15, 0.2) is 0 Å². The van der Waals surface area contributed by atoms with Crippen LogP contribution in [0.4, 0.5) is 5.69 Å². The van der Waals surface area contributed by atoms with E-state index in [1.807, 2.05) is 13.0 Å². The van der Waals surface area contributed by atoms with Gasteiger partial charge in [-0.25, -0.2) is 8.42 Å². The quantitative estimate of drug-likeness (QED) is 0.528. The molecule has 30 heavy (non-hydrogen) atoms. The summed E-state index contributed by atoms with van der Waals surface area (Å²) in [6.07, 6.45) is 0. The number of aryl methyl sites for hydroxylation is 1. The number of hydrogen-bond acceptors (Lipinski definition) is 3. The van der Waals surface area contributed by atoms with Crippen molar-refractivity contribution in [3.05, 3.63) is 94.0 Å². The van der Waals surface area contributed by atoms with Crippen LogP contribution in [0.2, 0.25) is 10.0 Å². The number of nitrogens with zero attached hydrogens (tertiary/aromatic N) is 1. The molecular weight excluding hydrogens is 443 g/mol. The van der Waals surface area contributed by atoms with Crippen molar-refractivity contribution in [2.75, 3.05) is 11.9 Å². The number of sulfonamides is 1. The lowest BCUT2D eigenvalue weighted by atomic mass is 10.2. The molecule has 1 N–H and O–H groups in total. The normalized spacial score (nSPS) is 11.5. The van der Waals surface area contributed by atoms with Gasteiger partial charge in [0.05, 0.1) is 21.5 Å². The Bertz CT molecular complexity index is 1130. The molecule has 0 aliphatic heterocycles. The Kier molecular flexibility index (Phi) is 7.15. The van der Waals surface area contributed by atoms with E-state index in [9.17, 15) is 13.2 Å². The Balaban J connectivity index is 1.89. The van der Waals surface area contributed by atoms with Crippen molar-refractivity contribution in [1.82, 2.24) is 4.31 Å². The van der Waals surface area contributed by atoms with E-state index >= 15 is 0 Å². The summed E-state index contributed by atoms with van der Waals surface area (Å²) < 4.78 is 27.7. The number of carbonyl (C=O) groups is 1. The summed E-state index contributed by atoms with van der Waals surface area (Å²) in [6.45, 7) is 1.48. The molecule has 3 aromatic rings. The molecule has 0 aliphatic carbocycles.